The Morgan fingerprint density at radius 2 is 1.75 bits per heavy atom. The molecule has 0 heterocycles. The molecule has 1 amide bonds. The average Bonchev–Trinajstić information content (AvgIpc) is 2.30. The lowest BCUT2D eigenvalue weighted by atomic mass is 10.2. The fourth-order valence-corrected chi connectivity index (χ4v) is 2.43. The van der Waals surface area contributed by atoms with Gasteiger partial charge in [0.1, 0.15) is 9.84 Å². The highest BCUT2D eigenvalue weighted by atomic mass is 35.5. The van der Waals surface area contributed by atoms with E-state index in [0.29, 0.717) is 0 Å². The first-order chi connectivity index (χ1) is 9.10. The van der Waals surface area contributed by atoms with Crippen LogP contribution in [-0.4, -0.2) is 37.4 Å². The smallest absolute Gasteiger partial charge is 0.335 e. The second kappa shape index (κ2) is 6.43. The Morgan fingerprint density at radius 1 is 1.25 bits per heavy atom. The molecular weight excluding hydrogens is 329 g/mol. The van der Waals surface area contributed by atoms with Gasteiger partial charge in [0, 0.05) is 12.7 Å². The molecule has 110 valence electrons. The summed E-state index contributed by atoms with van der Waals surface area (Å²) in [4.78, 5) is 22.4. The largest absolute Gasteiger partial charge is 0.478 e. The van der Waals surface area contributed by atoms with E-state index in [1.54, 1.807) is 0 Å². The maximum absolute atomic E-state index is 11.6. The van der Waals surface area contributed by atoms with Crippen LogP contribution in [0, 0.1) is 0 Å². The third-order valence-electron chi connectivity index (χ3n) is 2.25. The molecule has 0 fully saturated rings. The first-order valence-corrected chi connectivity index (χ1v) is 8.11. The van der Waals surface area contributed by atoms with Crippen LogP contribution in [0.5, 0.6) is 0 Å². The molecule has 0 saturated carbocycles. The van der Waals surface area contributed by atoms with Gasteiger partial charge in [-0.05, 0) is 12.1 Å². The van der Waals surface area contributed by atoms with Gasteiger partial charge >= 0.3 is 5.97 Å². The van der Waals surface area contributed by atoms with Crippen molar-refractivity contribution in [3.05, 3.63) is 27.7 Å². The molecule has 0 saturated heterocycles. The maximum Gasteiger partial charge on any atom is 0.335 e. The Balaban J connectivity index is 2.88. The van der Waals surface area contributed by atoms with Gasteiger partial charge in [-0.15, -0.1) is 0 Å². The topological polar surface area (TPSA) is 101 Å². The fraction of sp³-hybridized carbons (Fsp3) is 0.273. The van der Waals surface area contributed by atoms with Crippen LogP contribution >= 0.6 is 23.2 Å². The molecular formula is C11H11Cl2NO5S. The summed E-state index contributed by atoms with van der Waals surface area (Å²) in [6, 6.07) is 2.28. The molecule has 1 rings (SSSR count). The summed E-state index contributed by atoms with van der Waals surface area (Å²) in [6.07, 6.45) is 0.772. The van der Waals surface area contributed by atoms with E-state index in [9.17, 15) is 18.0 Å². The van der Waals surface area contributed by atoms with Crippen LogP contribution in [0.15, 0.2) is 12.1 Å². The molecule has 0 unspecified atom stereocenters. The van der Waals surface area contributed by atoms with Gasteiger partial charge in [-0.25, -0.2) is 13.2 Å². The van der Waals surface area contributed by atoms with Crippen molar-refractivity contribution in [2.75, 3.05) is 17.3 Å². The number of aromatic carboxylic acids is 1. The second-order valence-electron chi connectivity index (χ2n) is 4.05. The normalized spacial score (nSPS) is 11.2. The molecule has 2 N–H and O–H groups in total. The highest BCUT2D eigenvalue weighted by Crippen LogP contribution is 2.32. The van der Waals surface area contributed by atoms with E-state index in [2.05, 4.69) is 5.32 Å². The zero-order valence-corrected chi connectivity index (χ0v) is 12.6. The van der Waals surface area contributed by atoms with E-state index in [1.165, 1.54) is 0 Å². The number of amides is 1. The zero-order valence-electron chi connectivity index (χ0n) is 10.3. The van der Waals surface area contributed by atoms with Crippen LogP contribution in [-0.2, 0) is 14.6 Å². The number of halogens is 2. The lowest BCUT2D eigenvalue weighted by molar-refractivity contribution is -0.115. The number of carbonyl (C=O) groups excluding carboxylic acids is 1. The van der Waals surface area contributed by atoms with Crippen LogP contribution < -0.4 is 5.32 Å². The molecule has 0 aliphatic heterocycles. The van der Waals surface area contributed by atoms with Gasteiger partial charge in [-0.3, -0.25) is 4.79 Å². The van der Waals surface area contributed by atoms with Crippen molar-refractivity contribution in [2.45, 2.75) is 6.42 Å². The molecule has 9 heteroatoms. The van der Waals surface area contributed by atoms with E-state index >= 15 is 0 Å². The molecule has 0 atom stereocenters. The minimum Gasteiger partial charge on any atom is -0.478 e. The fourth-order valence-electron chi connectivity index (χ4n) is 1.30. The van der Waals surface area contributed by atoms with Crippen molar-refractivity contribution in [1.29, 1.82) is 0 Å². The van der Waals surface area contributed by atoms with E-state index in [0.717, 1.165) is 18.4 Å². The van der Waals surface area contributed by atoms with Crippen LogP contribution in [0.3, 0.4) is 0 Å². The number of benzene rings is 1. The molecule has 1 aromatic carbocycles. The summed E-state index contributed by atoms with van der Waals surface area (Å²) < 4.78 is 21.9. The number of sulfone groups is 1. The van der Waals surface area contributed by atoms with Gasteiger partial charge in [0.25, 0.3) is 0 Å². The summed E-state index contributed by atoms with van der Waals surface area (Å²) >= 11 is 11.7. The SMILES string of the molecule is CS(=O)(=O)CCC(=O)Nc1c(Cl)cc(C(=O)O)cc1Cl. The summed E-state index contributed by atoms with van der Waals surface area (Å²) in [5.41, 5.74) is -0.0639. The third-order valence-corrected chi connectivity index (χ3v) is 3.80. The zero-order chi connectivity index (χ0) is 15.5. The van der Waals surface area contributed by atoms with E-state index < -0.39 is 21.7 Å². The highest BCUT2D eigenvalue weighted by molar-refractivity contribution is 7.90. The number of rotatable bonds is 5. The Hall–Kier alpha value is -1.31. The number of carboxylic acid groups (broad SMARTS) is 1. The van der Waals surface area contributed by atoms with E-state index in [-0.39, 0.29) is 33.5 Å². The lowest BCUT2D eigenvalue weighted by Gasteiger charge is -2.10. The first-order valence-electron chi connectivity index (χ1n) is 5.30. The number of nitrogens with one attached hydrogen (secondary N) is 1. The summed E-state index contributed by atoms with van der Waals surface area (Å²) in [6.45, 7) is 0. The van der Waals surface area contributed by atoms with Crippen molar-refractivity contribution in [3.63, 3.8) is 0 Å². The molecule has 0 spiro atoms. The Morgan fingerprint density at radius 3 is 2.15 bits per heavy atom. The minimum atomic E-state index is -3.25. The number of hydrogen-bond donors (Lipinski definition) is 2. The van der Waals surface area contributed by atoms with Crippen molar-refractivity contribution in [3.8, 4) is 0 Å². The molecule has 0 aromatic heterocycles. The average molecular weight is 340 g/mol. The third kappa shape index (κ3) is 4.99. The standard InChI is InChI=1S/C11H11Cl2NO5S/c1-20(18,19)3-2-9(15)14-10-7(12)4-6(11(16)17)5-8(10)13/h4-5H,2-3H2,1H3,(H,14,15)(H,16,17). The van der Waals surface area contributed by atoms with E-state index in [1.807, 2.05) is 0 Å². The van der Waals surface area contributed by atoms with Crippen molar-refractivity contribution >= 4 is 50.6 Å². The second-order valence-corrected chi connectivity index (χ2v) is 7.12. The van der Waals surface area contributed by atoms with Gasteiger partial charge < -0.3 is 10.4 Å². The Kier molecular flexibility index (Phi) is 5.38. The van der Waals surface area contributed by atoms with Crippen molar-refractivity contribution in [2.24, 2.45) is 0 Å². The van der Waals surface area contributed by atoms with Gasteiger partial charge in [0.2, 0.25) is 5.91 Å². The van der Waals surface area contributed by atoms with Gasteiger partial charge in [0.05, 0.1) is 27.0 Å². The van der Waals surface area contributed by atoms with Gasteiger partial charge in [-0.1, -0.05) is 23.2 Å². The summed E-state index contributed by atoms with van der Waals surface area (Å²) in [7, 11) is -3.25. The summed E-state index contributed by atoms with van der Waals surface area (Å²) in [5, 5.41) is 11.1. The Labute approximate surface area is 125 Å². The predicted molar refractivity (Wildman–Crippen MR) is 76.4 cm³/mol. The van der Waals surface area contributed by atoms with Crippen molar-refractivity contribution < 1.29 is 23.1 Å². The quantitative estimate of drug-likeness (QED) is 0.855. The molecule has 6 nitrogen and oxygen atoms in total. The number of carboxylic acids is 1. The van der Waals surface area contributed by atoms with Gasteiger partial charge in [-0.2, -0.15) is 0 Å². The van der Waals surface area contributed by atoms with Crippen LogP contribution in [0.2, 0.25) is 10.0 Å². The minimum absolute atomic E-state index is 0.0393. The van der Waals surface area contributed by atoms with Gasteiger partial charge in [0.15, 0.2) is 0 Å². The number of hydrogen-bond acceptors (Lipinski definition) is 4. The summed E-state index contributed by atoms with van der Waals surface area (Å²) in [5.74, 6) is -2.09. The van der Waals surface area contributed by atoms with E-state index in [4.69, 9.17) is 28.3 Å². The molecule has 0 bridgehead atoms. The highest BCUT2D eigenvalue weighted by Gasteiger charge is 2.15. The molecule has 20 heavy (non-hydrogen) atoms. The molecule has 0 aliphatic rings. The molecule has 0 aliphatic carbocycles. The Bertz CT molecular complexity index is 634. The van der Waals surface area contributed by atoms with Crippen LogP contribution in [0.1, 0.15) is 16.8 Å². The first kappa shape index (κ1) is 16.7. The number of anilines is 1. The molecule has 1 aromatic rings. The van der Waals surface area contributed by atoms with Crippen LogP contribution in [0.25, 0.3) is 0 Å². The predicted octanol–water partition coefficient (Wildman–Crippen LogP) is 2.06. The monoisotopic (exact) mass is 339 g/mol. The van der Waals surface area contributed by atoms with Crippen LogP contribution in [0.4, 0.5) is 5.69 Å². The maximum atomic E-state index is 11.6. The van der Waals surface area contributed by atoms with Crippen molar-refractivity contribution in [1.82, 2.24) is 0 Å². The molecule has 0 radical (unpaired) electrons. The lowest BCUT2D eigenvalue weighted by Crippen LogP contribution is -2.17. The number of carbonyl (C=O) groups is 2.